The Hall–Kier alpha value is -4.58. The van der Waals surface area contributed by atoms with E-state index in [9.17, 15) is 50.5 Å². The molecule has 4 aromatic carbocycles. The lowest BCUT2D eigenvalue weighted by Crippen LogP contribution is -2.42. The molecule has 0 fully saturated rings. The van der Waals surface area contributed by atoms with Gasteiger partial charge in [0.2, 0.25) is 0 Å². The zero-order valence-electron chi connectivity index (χ0n) is 21.5. The highest BCUT2D eigenvalue weighted by molar-refractivity contribution is 6.31. The molecule has 0 bridgehead atoms. The Kier molecular flexibility index (Phi) is 8.72. The molecule has 13 heteroatoms. The molecule has 0 aromatic heterocycles. The van der Waals surface area contributed by atoms with Crippen LogP contribution in [0.2, 0.25) is 5.02 Å². The van der Waals surface area contributed by atoms with Gasteiger partial charge in [0.05, 0.1) is 21.7 Å². The minimum Gasteiger partial charge on any atom is -0.507 e. The summed E-state index contributed by atoms with van der Waals surface area (Å²) in [6, 6.07) is 12.4. The molecule has 3 N–H and O–H groups in total. The van der Waals surface area contributed by atoms with Crippen molar-refractivity contribution in [2.24, 2.45) is 0 Å². The van der Waals surface area contributed by atoms with Gasteiger partial charge in [-0.3, -0.25) is 4.79 Å². The Morgan fingerprint density at radius 1 is 0.744 bits per heavy atom. The Labute approximate surface area is 244 Å². The van der Waals surface area contributed by atoms with Crippen LogP contribution in [0.25, 0.3) is 22.3 Å². The third-order valence-electron chi connectivity index (χ3n) is 6.41. The minimum atomic E-state index is -5.02. The van der Waals surface area contributed by atoms with E-state index in [1.165, 1.54) is 54.6 Å². The smallest absolute Gasteiger partial charge is 0.416 e. The molecule has 0 radical (unpaired) electrons. The van der Waals surface area contributed by atoms with E-state index in [2.05, 4.69) is 5.32 Å². The summed E-state index contributed by atoms with van der Waals surface area (Å²) in [5.41, 5.74) is -2.51. The summed E-state index contributed by atoms with van der Waals surface area (Å²) in [6.07, 6.45) is -10.4. The van der Waals surface area contributed by atoms with E-state index in [-0.39, 0.29) is 34.2 Å². The number of benzene rings is 4. The molecule has 224 valence electrons. The van der Waals surface area contributed by atoms with Gasteiger partial charge in [-0.1, -0.05) is 48.0 Å². The predicted molar refractivity (Wildman–Crippen MR) is 143 cm³/mol. The molecule has 0 spiro atoms. The molecule has 1 amide bonds. The molecular formula is C30H19ClF7NO4. The molecule has 0 aliphatic heterocycles. The quantitative estimate of drug-likeness (QED) is 0.182. The van der Waals surface area contributed by atoms with Gasteiger partial charge in [-0.15, -0.1) is 0 Å². The molecule has 0 aliphatic carbocycles. The van der Waals surface area contributed by atoms with Crippen molar-refractivity contribution in [2.75, 3.05) is 0 Å². The van der Waals surface area contributed by atoms with Gasteiger partial charge >= 0.3 is 18.3 Å². The SMILES string of the molecule is O=C(N[C@@H](Cc1ccc(-c2cc(C(F)(F)F)cc(C(F)(F)F)c2)cc1)C(=O)O)c1cc(-c2ccc(F)c(Cl)c2)ccc1O. The highest BCUT2D eigenvalue weighted by Gasteiger charge is 2.37. The number of halogens is 8. The van der Waals surface area contributed by atoms with Crippen molar-refractivity contribution in [1.82, 2.24) is 5.32 Å². The number of carbonyl (C=O) groups is 2. The van der Waals surface area contributed by atoms with Gasteiger partial charge in [-0.2, -0.15) is 26.3 Å². The van der Waals surface area contributed by atoms with Gasteiger partial charge in [-0.05, 0) is 70.3 Å². The van der Waals surface area contributed by atoms with Crippen LogP contribution in [0, 0.1) is 5.82 Å². The number of carboxylic acids is 1. The molecule has 0 unspecified atom stereocenters. The summed E-state index contributed by atoms with van der Waals surface area (Å²) >= 11 is 5.81. The Bertz CT molecular complexity index is 1650. The summed E-state index contributed by atoms with van der Waals surface area (Å²) in [7, 11) is 0. The number of phenols is 1. The summed E-state index contributed by atoms with van der Waals surface area (Å²) in [4.78, 5) is 24.9. The molecule has 0 saturated carbocycles. The normalized spacial score (nSPS) is 12.6. The van der Waals surface area contributed by atoms with Crippen molar-refractivity contribution in [3.63, 3.8) is 0 Å². The lowest BCUT2D eigenvalue weighted by Gasteiger charge is -2.17. The molecule has 0 saturated heterocycles. The van der Waals surface area contributed by atoms with Gasteiger partial charge in [0, 0.05) is 6.42 Å². The first kappa shape index (κ1) is 31.4. The van der Waals surface area contributed by atoms with Crippen LogP contribution in [-0.4, -0.2) is 28.1 Å². The monoisotopic (exact) mass is 625 g/mol. The van der Waals surface area contributed by atoms with Crippen molar-refractivity contribution in [3.8, 4) is 28.0 Å². The van der Waals surface area contributed by atoms with Crippen LogP contribution in [0.5, 0.6) is 5.75 Å². The number of alkyl halides is 6. The van der Waals surface area contributed by atoms with E-state index < -0.39 is 53.0 Å². The number of phenolic OH excluding ortho intramolecular Hbond substituents is 1. The first-order valence-corrected chi connectivity index (χ1v) is 12.6. The van der Waals surface area contributed by atoms with Crippen LogP contribution >= 0.6 is 11.6 Å². The highest BCUT2D eigenvalue weighted by Crippen LogP contribution is 2.38. The topological polar surface area (TPSA) is 86.6 Å². The Morgan fingerprint density at radius 2 is 1.28 bits per heavy atom. The van der Waals surface area contributed by atoms with E-state index in [1.807, 2.05) is 0 Å². The van der Waals surface area contributed by atoms with Crippen molar-refractivity contribution < 1.29 is 50.5 Å². The molecule has 0 heterocycles. The fourth-order valence-electron chi connectivity index (χ4n) is 4.20. The first-order valence-electron chi connectivity index (χ1n) is 12.2. The van der Waals surface area contributed by atoms with Crippen LogP contribution in [0.1, 0.15) is 27.0 Å². The molecular weight excluding hydrogens is 607 g/mol. The third-order valence-corrected chi connectivity index (χ3v) is 6.70. The van der Waals surface area contributed by atoms with Gasteiger partial charge in [0.15, 0.2) is 0 Å². The second-order valence-electron chi connectivity index (χ2n) is 9.42. The summed E-state index contributed by atoms with van der Waals surface area (Å²) in [6.45, 7) is 0. The maximum atomic E-state index is 13.5. The Morgan fingerprint density at radius 3 is 1.81 bits per heavy atom. The van der Waals surface area contributed by atoms with Gasteiger partial charge in [-0.25, -0.2) is 9.18 Å². The average molecular weight is 626 g/mol. The number of amides is 1. The van der Waals surface area contributed by atoms with Crippen molar-refractivity contribution in [3.05, 3.63) is 112 Å². The summed E-state index contributed by atoms with van der Waals surface area (Å²) in [5, 5.41) is 22.0. The van der Waals surface area contributed by atoms with E-state index >= 15 is 0 Å². The second kappa shape index (κ2) is 12.0. The predicted octanol–water partition coefficient (Wildman–Crippen LogP) is 7.98. The number of aliphatic carboxylic acids is 1. The maximum absolute atomic E-state index is 13.5. The molecule has 4 aromatic rings. The lowest BCUT2D eigenvalue weighted by atomic mass is 9.97. The largest absolute Gasteiger partial charge is 0.507 e. The number of rotatable bonds is 7. The van der Waals surface area contributed by atoms with E-state index in [1.54, 1.807) is 0 Å². The summed E-state index contributed by atoms with van der Waals surface area (Å²) in [5.74, 6) is -3.55. The molecule has 4 rings (SSSR count). The lowest BCUT2D eigenvalue weighted by molar-refractivity contribution is -0.143. The minimum absolute atomic E-state index is 0.0129. The fourth-order valence-corrected chi connectivity index (χ4v) is 4.38. The van der Waals surface area contributed by atoms with Crippen molar-refractivity contribution >= 4 is 23.5 Å². The van der Waals surface area contributed by atoms with E-state index in [0.29, 0.717) is 28.8 Å². The van der Waals surface area contributed by atoms with Crippen LogP contribution in [0.15, 0.2) is 78.9 Å². The highest BCUT2D eigenvalue weighted by atomic mass is 35.5. The zero-order valence-corrected chi connectivity index (χ0v) is 22.3. The van der Waals surface area contributed by atoms with E-state index in [4.69, 9.17) is 11.6 Å². The van der Waals surface area contributed by atoms with E-state index in [0.717, 1.165) is 6.07 Å². The van der Waals surface area contributed by atoms with Crippen molar-refractivity contribution in [2.45, 2.75) is 24.8 Å². The molecule has 43 heavy (non-hydrogen) atoms. The number of nitrogens with one attached hydrogen (secondary N) is 1. The van der Waals surface area contributed by atoms with Crippen LogP contribution in [-0.2, 0) is 23.6 Å². The van der Waals surface area contributed by atoms with Crippen LogP contribution in [0.3, 0.4) is 0 Å². The zero-order chi connectivity index (χ0) is 31.7. The first-order chi connectivity index (χ1) is 20.0. The number of carboxylic acid groups (broad SMARTS) is 1. The van der Waals surface area contributed by atoms with Crippen LogP contribution in [0.4, 0.5) is 30.7 Å². The number of hydrogen-bond donors (Lipinski definition) is 3. The molecule has 5 nitrogen and oxygen atoms in total. The van der Waals surface area contributed by atoms with Gasteiger partial charge in [0.1, 0.15) is 17.6 Å². The third kappa shape index (κ3) is 7.44. The second-order valence-corrected chi connectivity index (χ2v) is 9.83. The van der Waals surface area contributed by atoms with Crippen LogP contribution < -0.4 is 5.32 Å². The number of aromatic hydroxyl groups is 1. The average Bonchev–Trinajstić information content (AvgIpc) is 2.93. The van der Waals surface area contributed by atoms with Gasteiger partial charge in [0.25, 0.3) is 5.91 Å². The summed E-state index contributed by atoms with van der Waals surface area (Å²) < 4.78 is 92.9. The standard InChI is InChI=1S/C30H19ClF7NO4/c31-23-13-18(5-7-24(23)32)17-6-8-26(40)22(12-17)27(41)39-25(28(42)43)9-15-1-3-16(4-2-15)19-10-20(29(33,34)35)14-21(11-19)30(36,37)38/h1-8,10-14,25,40H,9H2,(H,39,41)(H,42,43)/t25-/m0/s1. The maximum Gasteiger partial charge on any atom is 0.416 e. The fraction of sp³-hybridized carbons (Fsp3) is 0.133. The Balaban J connectivity index is 1.56. The molecule has 1 atom stereocenters. The van der Waals surface area contributed by atoms with Crippen molar-refractivity contribution in [1.29, 1.82) is 0 Å². The number of hydrogen-bond acceptors (Lipinski definition) is 3. The molecule has 0 aliphatic rings. The number of carbonyl (C=O) groups excluding carboxylic acids is 1. The van der Waals surface area contributed by atoms with Gasteiger partial charge < -0.3 is 15.5 Å².